The van der Waals surface area contributed by atoms with Crippen molar-refractivity contribution < 1.29 is 9.18 Å². The molecule has 0 aliphatic rings. The molecular formula is C23H28FN3O. The van der Waals surface area contributed by atoms with Gasteiger partial charge < -0.3 is 9.30 Å². The molecule has 0 saturated heterocycles. The lowest BCUT2D eigenvalue weighted by Crippen LogP contribution is -2.33. The summed E-state index contributed by atoms with van der Waals surface area (Å²) < 4.78 is 16.0. The molecule has 2 heterocycles. The molecule has 0 spiro atoms. The molecule has 148 valence electrons. The Bertz CT molecular complexity index is 944. The zero-order chi connectivity index (χ0) is 20.1. The molecule has 1 amide bonds. The van der Waals surface area contributed by atoms with E-state index in [0.717, 1.165) is 48.5 Å². The topological polar surface area (TPSA) is 37.6 Å². The Morgan fingerprint density at radius 1 is 1.14 bits per heavy atom. The Labute approximate surface area is 166 Å². The van der Waals surface area contributed by atoms with Crippen LogP contribution in [0.2, 0.25) is 0 Å². The maximum absolute atomic E-state index is 14.0. The number of fused-ring (bicyclic) bond motifs is 1. The van der Waals surface area contributed by atoms with Gasteiger partial charge in [-0.1, -0.05) is 32.0 Å². The minimum absolute atomic E-state index is 0.0986. The van der Waals surface area contributed by atoms with Crippen LogP contribution < -0.4 is 0 Å². The highest BCUT2D eigenvalue weighted by atomic mass is 19.1. The van der Waals surface area contributed by atoms with Crippen molar-refractivity contribution in [3.63, 3.8) is 0 Å². The second-order valence-electron chi connectivity index (χ2n) is 7.24. The summed E-state index contributed by atoms with van der Waals surface area (Å²) in [6.07, 6.45) is 3.96. The van der Waals surface area contributed by atoms with Crippen LogP contribution in [0.1, 0.15) is 56.0 Å². The number of nitrogens with zero attached hydrogens (tertiary/aromatic N) is 3. The van der Waals surface area contributed by atoms with Crippen LogP contribution in [0.4, 0.5) is 4.39 Å². The van der Waals surface area contributed by atoms with Gasteiger partial charge in [0.15, 0.2) is 0 Å². The number of aryl methyl sites for hydroxylation is 1. The van der Waals surface area contributed by atoms with Crippen molar-refractivity contribution in [1.82, 2.24) is 14.3 Å². The molecule has 0 unspecified atom stereocenters. The fraction of sp³-hybridized carbons (Fsp3) is 0.391. The van der Waals surface area contributed by atoms with E-state index >= 15 is 0 Å². The van der Waals surface area contributed by atoms with Gasteiger partial charge >= 0.3 is 0 Å². The molecule has 0 aliphatic carbocycles. The third-order valence-electron chi connectivity index (χ3n) is 5.08. The first kappa shape index (κ1) is 20.1. The summed E-state index contributed by atoms with van der Waals surface area (Å²) in [6, 6.07) is 12.5. The number of carbonyl (C=O) groups is 1. The highest BCUT2D eigenvalue weighted by molar-refractivity contribution is 5.77. The van der Waals surface area contributed by atoms with E-state index in [1.54, 1.807) is 6.07 Å². The van der Waals surface area contributed by atoms with Crippen LogP contribution in [-0.4, -0.2) is 33.3 Å². The van der Waals surface area contributed by atoms with Crippen LogP contribution in [-0.2, 0) is 4.79 Å². The highest BCUT2D eigenvalue weighted by Gasteiger charge is 2.25. The van der Waals surface area contributed by atoms with Gasteiger partial charge in [-0.05, 0) is 49.6 Å². The third kappa shape index (κ3) is 4.24. The number of aromatic nitrogens is 2. The molecule has 0 radical (unpaired) electrons. The van der Waals surface area contributed by atoms with Crippen LogP contribution in [0, 0.1) is 12.7 Å². The monoisotopic (exact) mass is 381 g/mol. The van der Waals surface area contributed by atoms with Gasteiger partial charge in [-0.3, -0.25) is 4.79 Å². The van der Waals surface area contributed by atoms with Crippen molar-refractivity contribution in [3.8, 4) is 0 Å². The average Bonchev–Trinajstić information content (AvgIpc) is 3.11. The number of imidazole rings is 1. The largest absolute Gasteiger partial charge is 0.343 e. The van der Waals surface area contributed by atoms with Crippen LogP contribution in [0.5, 0.6) is 0 Å². The first-order chi connectivity index (χ1) is 13.5. The maximum Gasteiger partial charge on any atom is 0.223 e. The Kier molecular flexibility index (Phi) is 6.45. The van der Waals surface area contributed by atoms with E-state index in [1.807, 2.05) is 42.3 Å². The summed E-state index contributed by atoms with van der Waals surface area (Å²) in [4.78, 5) is 19.5. The van der Waals surface area contributed by atoms with Gasteiger partial charge in [-0.15, -0.1) is 0 Å². The second kappa shape index (κ2) is 9.00. The van der Waals surface area contributed by atoms with E-state index in [4.69, 9.17) is 0 Å². The van der Waals surface area contributed by atoms with Crippen molar-refractivity contribution in [3.05, 3.63) is 71.4 Å². The summed E-state index contributed by atoms with van der Waals surface area (Å²) in [5, 5.41) is 0. The zero-order valence-electron chi connectivity index (χ0n) is 16.9. The Morgan fingerprint density at radius 3 is 2.54 bits per heavy atom. The smallest absolute Gasteiger partial charge is 0.223 e. The van der Waals surface area contributed by atoms with Gasteiger partial charge in [0.1, 0.15) is 11.5 Å². The summed E-state index contributed by atoms with van der Waals surface area (Å²) in [5.41, 5.74) is 3.59. The van der Waals surface area contributed by atoms with E-state index in [-0.39, 0.29) is 17.6 Å². The first-order valence-corrected chi connectivity index (χ1v) is 10.0. The Morgan fingerprint density at radius 2 is 1.86 bits per heavy atom. The van der Waals surface area contributed by atoms with Gasteiger partial charge in [0.2, 0.25) is 5.91 Å². The number of hydrogen-bond donors (Lipinski definition) is 0. The maximum atomic E-state index is 14.0. The number of rotatable bonds is 8. The SMILES string of the molecule is CCCN(CCC)C(=O)C[C@@H](c1cccc(F)c1)c1cnc2cccc(C)n12. The second-order valence-corrected chi connectivity index (χ2v) is 7.24. The molecule has 0 fully saturated rings. The summed E-state index contributed by atoms with van der Waals surface area (Å²) >= 11 is 0. The highest BCUT2D eigenvalue weighted by Crippen LogP contribution is 2.30. The molecule has 0 bridgehead atoms. The van der Waals surface area contributed by atoms with Crippen LogP contribution in [0.3, 0.4) is 0 Å². The van der Waals surface area contributed by atoms with Gasteiger partial charge in [0, 0.05) is 37.3 Å². The molecule has 5 heteroatoms. The summed E-state index contributed by atoms with van der Waals surface area (Å²) in [5.74, 6) is -0.448. The molecular weight excluding hydrogens is 353 g/mol. The fourth-order valence-electron chi connectivity index (χ4n) is 3.80. The average molecular weight is 381 g/mol. The third-order valence-corrected chi connectivity index (χ3v) is 5.08. The number of hydrogen-bond acceptors (Lipinski definition) is 2. The van der Waals surface area contributed by atoms with Gasteiger partial charge in [0.25, 0.3) is 0 Å². The molecule has 2 aromatic heterocycles. The minimum atomic E-state index is -0.292. The predicted molar refractivity (Wildman–Crippen MR) is 110 cm³/mol. The molecule has 0 saturated carbocycles. The Balaban J connectivity index is 2.04. The van der Waals surface area contributed by atoms with Crippen molar-refractivity contribution in [2.75, 3.05) is 13.1 Å². The lowest BCUT2D eigenvalue weighted by Gasteiger charge is -2.25. The molecule has 0 N–H and O–H groups in total. The standard InChI is InChI=1S/C23H28FN3O/c1-4-12-26(13-5-2)23(28)15-20(18-9-7-10-19(24)14-18)21-16-25-22-11-6-8-17(3)27(21)22/h6-11,14,16,20H,4-5,12-13,15H2,1-3H3/t20-/m0/s1. The minimum Gasteiger partial charge on any atom is -0.343 e. The summed E-state index contributed by atoms with van der Waals surface area (Å²) in [7, 11) is 0. The van der Waals surface area contributed by atoms with Gasteiger partial charge in [0.05, 0.1) is 5.69 Å². The van der Waals surface area contributed by atoms with Crippen LogP contribution in [0.15, 0.2) is 48.7 Å². The van der Waals surface area contributed by atoms with Crippen molar-refractivity contribution in [2.24, 2.45) is 0 Å². The quantitative estimate of drug-likeness (QED) is 0.553. The van der Waals surface area contributed by atoms with E-state index in [2.05, 4.69) is 23.2 Å². The van der Waals surface area contributed by atoms with Crippen molar-refractivity contribution in [2.45, 2.75) is 46.0 Å². The molecule has 0 aliphatic heterocycles. The summed E-state index contributed by atoms with van der Waals surface area (Å²) in [6.45, 7) is 7.66. The van der Waals surface area contributed by atoms with Crippen LogP contribution in [0.25, 0.3) is 5.65 Å². The molecule has 4 nitrogen and oxygen atoms in total. The number of amides is 1. The zero-order valence-corrected chi connectivity index (χ0v) is 16.9. The van der Waals surface area contributed by atoms with E-state index in [0.29, 0.717) is 6.42 Å². The molecule has 3 aromatic rings. The van der Waals surface area contributed by atoms with E-state index in [1.165, 1.54) is 12.1 Å². The Hall–Kier alpha value is -2.69. The first-order valence-electron chi connectivity index (χ1n) is 10.0. The van der Waals surface area contributed by atoms with E-state index in [9.17, 15) is 9.18 Å². The van der Waals surface area contributed by atoms with Crippen molar-refractivity contribution in [1.29, 1.82) is 0 Å². The molecule has 1 aromatic carbocycles. The normalized spacial score (nSPS) is 12.3. The van der Waals surface area contributed by atoms with E-state index < -0.39 is 0 Å². The number of benzene rings is 1. The lowest BCUT2D eigenvalue weighted by atomic mass is 9.91. The number of halogens is 1. The van der Waals surface area contributed by atoms with Crippen molar-refractivity contribution >= 4 is 11.6 Å². The lowest BCUT2D eigenvalue weighted by molar-refractivity contribution is -0.131. The molecule has 1 atom stereocenters. The molecule has 28 heavy (non-hydrogen) atoms. The fourth-order valence-corrected chi connectivity index (χ4v) is 3.80. The number of pyridine rings is 1. The predicted octanol–water partition coefficient (Wildman–Crippen LogP) is 4.95. The van der Waals surface area contributed by atoms with Gasteiger partial charge in [-0.25, -0.2) is 9.37 Å². The van der Waals surface area contributed by atoms with Crippen LogP contribution >= 0.6 is 0 Å². The van der Waals surface area contributed by atoms with Gasteiger partial charge in [-0.2, -0.15) is 0 Å². The number of carbonyl (C=O) groups excluding carboxylic acids is 1. The molecule has 3 rings (SSSR count).